The number of carbonyl (C=O) groups excluding carboxylic acids is 1. The first-order valence-corrected chi connectivity index (χ1v) is 9.65. The van der Waals surface area contributed by atoms with E-state index in [-0.39, 0.29) is 23.0 Å². The third-order valence-electron chi connectivity index (χ3n) is 3.45. The summed E-state index contributed by atoms with van der Waals surface area (Å²) in [4.78, 5) is 12.2. The van der Waals surface area contributed by atoms with Gasteiger partial charge in [-0.2, -0.15) is 0 Å². The van der Waals surface area contributed by atoms with Crippen LogP contribution in [0.2, 0.25) is 5.02 Å². The molecule has 0 amide bonds. The predicted octanol–water partition coefficient (Wildman–Crippen LogP) is 4.63. The molecule has 134 valence electrons. The minimum absolute atomic E-state index is 0.148. The number of halogens is 1. The number of carbonyl (C=O) groups is 1. The Balaban J connectivity index is 1.60. The molecular formula is C17H14ClN3O3S2. The quantitative estimate of drug-likeness (QED) is 0.311. The molecule has 6 nitrogen and oxygen atoms in total. The van der Waals surface area contributed by atoms with E-state index < -0.39 is 0 Å². The predicted molar refractivity (Wildman–Crippen MR) is 104 cm³/mol. The van der Waals surface area contributed by atoms with Crippen LogP contribution in [-0.4, -0.2) is 31.9 Å². The van der Waals surface area contributed by atoms with Crippen molar-refractivity contribution in [3.63, 3.8) is 0 Å². The molecule has 0 radical (unpaired) electrons. The Bertz CT molecular complexity index is 962. The Morgan fingerprint density at radius 3 is 2.73 bits per heavy atom. The molecule has 3 N–H and O–H groups in total. The molecule has 3 aromatic rings. The van der Waals surface area contributed by atoms with Crippen molar-refractivity contribution in [2.45, 2.75) is 11.3 Å². The highest BCUT2D eigenvalue weighted by molar-refractivity contribution is 8.01. The maximum atomic E-state index is 12.2. The number of hydrogen-bond acceptors (Lipinski definition) is 8. The van der Waals surface area contributed by atoms with Crippen molar-refractivity contribution in [3.05, 3.63) is 52.5 Å². The third-order valence-corrected chi connectivity index (χ3v) is 5.83. The van der Waals surface area contributed by atoms with Gasteiger partial charge in [-0.05, 0) is 42.8 Å². The fraction of sp³-hybridized carbons (Fsp3) is 0.118. The molecule has 0 spiro atoms. The zero-order valence-corrected chi connectivity index (χ0v) is 16.0. The van der Waals surface area contributed by atoms with E-state index in [0.717, 1.165) is 11.3 Å². The summed E-state index contributed by atoms with van der Waals surface area (Å²) in [6, 6.07) is 9.61. The van der Waals surface area contributed by atoms with Gasteiger partial charge in [-0.25, -0.2) is 0 Å². The molecule has 2 aromatic carbocycles. The van der Waals surface area contributed by atoms with Crippen LogP contribution in [0.4, 0.5) is 10.8 Å². The summed E-state index contributed by atoms with van der Waals surface area (Å²) in [6.45, 7) is 1.93. The zero-order chi connectivity index (χ0) is 18.7. The number of benzene rings is 2. The van der Waals surface area contributed by atoms with E-state index in [4.69, 9.17) is 11.6 Å². The first-order valence-electron chi connectivity index (χ1n) is 7.47. The summed E-state index contributed by atoms with van der Waals surface area (Å²) < 4.78 is 0.641. The highest BCUT2D eigenvalue weighted by Crippen LogP contribution is 2.30. The number of Topliss-reactive ketones (excluding diaryl/α,β-unsaturated/α-hetero) is 1. The summed E-state index contributed by atoms with van der Waals surface area (Å²) in [5.41, 5.74) is 2.12. The maximum absolute atomic E-state index is 12.2. The standard InChI is InChI=1S/C17H14ClN3O3S2/c1-9-2-4-11(7-12(9)18)19-16-20-21-17(26-16)25-8-15(24)10-3-5-13(22)14(23)6-10/h2-7,22-23H,8H2,1H3,(H,19,20). The number of phenols is 2. The molecule has 1 aromatic heterocycles. The average Bonchev–Trinajstić information content (AvgIpc) is 3.06. The summed E-state index contributed by atoms with van der Waals surface area (Å²) in [6.07, 6.45) is 0. The lowest BCUT2D eigenvalue weighted by Crippen LogP contribution is -2.01. The number of hydrogen-bond donors (Lipinski definition) is 3. The Morgan fingerprint density at radius 2 is 2.00 bits per heavy atom. The van der Waals surface area contributed by atoms with E-state index in [1.54, 1.807) is 0 Å². The van der Waals surface area contributed by atoms with Crippen molar-refractivity contribution in [1.82, 2.24) is 10.2 Å². The van der Waals surface area contributed by atoms with E-state index in [1.807, 2.05) is 25.1 Å². The summed E-state index contributed by atoms with van der Waals surface area (Å²) in [7, 11) is 0. The lowest BCUT2D eigenvalue weighted by atomic mass is 10.1. The number of aromatic nitrogens is 2. The molecule has 3 rings (SSSR count). The molecule has 0 aliphatic rings. The van der Waals surface area contributed by atoms with Gasteiger partial charge < -0.3 is 15.5 Å². The molecule has 1 heterocycles. The highest BCUT2D eigenvalue weighted by Gasteiger charge is 2.12. The molecule has 0 bridgehead atoms. The Morgan fingerprint density at radius 1 is 1.19 bits per heavy atom. The zero-order valence-electron chi connectivity index (χ0n) is 13.6. The third kappa shape index (κ3) is 4.46. The van der Waals surface area contributed by atoms with Crippen LogP contribution in [0.5, 0.6) is 11.5 Å². The minimum atomic E-state index is -0.319. The van der Waals surface area contributed by atoms with Gasteiger partial charge >= 0.3 is 0 Å². The monoisotopic (exact) mass is 407 g/mol. The van der Waals surface area contributed by atoms with Gasteiger partial charge in [0.15, 0.2) is 21.6 Å². The molecule has 9 heteroatoms. The molecule has 0 saturated carbocycles. The van der Waals surface area contributed by atoms with Crippen molar-refractivity contribution in [1.29, 1.82) is 0 Å². The van der Waals surface area contributed by atoms with Crippen LogP contribution in [0.15, 0.2) is 40.7 Å². The highest BCUT2D eigenvalue weighted by atomic mass is 35.5. The van der Waals surface area contributed by atoms with Crippen molar-refractivity contribution in [3.8, 4) is 11.5 Å². The number of aryl methyl sites for hydroxylation is 1. The van der Waals surface area contributed by atoms with Crippen LogP contribution in [0, 0.1) is 6.92 Å². The van der Waals surface area contributed by atoms with Crippen LogP contribution in [0.1, 0.15) is 15.9 Å². The molecule has 0 unspecified atom stereocenters. The fourth-order valence-electron chi connectivity index (χ4n) is 2.02. The molecule has 0 fully saturated rings. The minimum Gasteiger partial charge on any atom is -0.504 e. The molecule has 0 aliphatic heterocycles. The van der Waals surface area contributed by atoms with E-state index in [9.17, 15) is 15.0 Å². The van der Waals surface area contributed by atoms with Gasteiger partial charge in [0.2, 0.25) is 5.13 Å². The number of ketones is 1. The number of thioether (sulfide) groups is 1. The SMILES string of the molecule is Cc1ccc(Nc2nnc(SCC(=O)c3ccc(O)c(O)c3)s2)cc1Cl. The Hall–Kier alpha value is -2.29. The first kappa shape index (κ1) is 18.5. The van der Waals surface area contributed by atoms with Crippen LogP contribution in [-0.2, 0) is 0 Å². The molecule has 26 heavy (non-hydrogen) atoms. The second kappa shape index (κ2) is 7.94. The first-order chi connectivity index (χ1) is 12.4. The number of nitrogens with one attached hydrogen (secondary N) is 1. The van der Waals surface area contributed by atoms with E-state index >= 15 is 0 Å². The van der Waals surface area contributed by atoms with E-state index in [0.29, 0.717) is 20.1 Å². The topological polar surface area (TPSA) is 95.3 Å². The fourth-order valence-corrected chi connectivity index (χ4v) is 3.87. The van der Waals surface area contributed by atoms with Gasteiger partial charge in [0.05, 0.1) is 5.75 Å². The normalized spacial score (nSPS) is 10.7. The molecular weight excluding hydrogens is 394 g/mol. The smallest absolute Gasteiger partial charge is 0.210 e. The number of phenolic OH excluding ortho intramolecular Hbond substituents is 2. The van der Waals surface area contributed by atoms with Gasteiger partial charge in [-0.1, -0.05) is 40.8 Å². The van der Waals surface area contributed by atoms with Crippen LogP contribution >= 0.6 is 34.7 Å². The molecule has 0 aliphatic carbocycles. The molecule has 0 atom stereocenters. The van der Waals surface area contributed by atoms with Crippen molar-refractivity contribution >= 4 is 51.3 Å². The van der Waals surface area contributed by atoms with Gasteiger partial charge in [-0.3, -0.25) is 4.79 Å². The summed E-state index contributed by atoms with van der Waals surface area (Å²) in [5, 5.41) is 31.2. The number of aromatic hydroxyl groups is 2. The number of nitrogens with zero attached hydrogens (tertiary/aromatic N) is 2. The second-order valence-electron chi connectivity index (χ2n) is 5.38. The lowest BCUT2D eigenvalue weighted by molar-refractivity contribution is 0.102. The van der Waals surface area contributed by atoms with Crippen LogP contribution < -0.4 is 5.32 Å². The van der Waals surface area contributed by atoms with Gasteiger partial charge in [0, 0.05) is 16.3 Å². The maximum Gasteiger partial charge on any atom is 0.210 e. The Kier molecular flexibility index (Phi) is 5.65. The van der Waals surface area contributed by atoms with Gasteiger partial charge in [0.25, 0.3) is 0 Å². The van der Waals surface area contributed by atoms with Gasteiger partial charge in [-0.15, -0.1) is 10.2 Å². The van der Waals surface area contributed by atoms with Crippen molar-refractivity contribution in [2.75, 3.05) is 11.1 Å². The van der Waals surface area contributed by atoms with Crippen LogP contribution in [0.25, 0.3) is 0 Å². The van der Waals surface area contributed by atoms with Gasteiger partial charge in [0.1, 0.15) is 0 Å². The van der Waals surface area contributed by atoms with Crippen LogP contribution in [0.3, 0.4) is 0 Å². The Labute approximate surface area is 162 Å². The largest absolute Gasteiger partial charge is 0.504 e. The van der Waals surface area contributed by atoms with E-state index in [1.165, 1.54) is 41.3 Å². The summed E-state index contributed by atoms with van der Waals surface area (Å²) >= 11 is 8.68. The average molecular weight is 408 g/mol. The summed E-state index contributed by atoms with van der Waals surface area (Å²) in [5.74, 6) is -0.611. The number of anilines is 2. The van der Waals surface area contributed by atoms with Crippen molar-refractivity contribution in [2.24, 2.45) is 0 Å². The number of rotatable bonds is 6. The van der Waals surface area contributed by atoms with Crippen molar-refractivity contribution < 1.29 is 15.0 Å². The lowest BCUT2D eigenvalue weighted by Gasteiger charge is -2.04. The molecule has 0 saturated heterocycles. The van der Waals surface area contributed by atoms with E-state index in [2.05, 4.69) is 15.5 Å². The second-order valence-corrected chi connectivity index (χ2v) is 7.98.